The minimum Gasteiger partial charge on any atom is -0.491 e. The lowest BCUT2D eigenvalue weighted by Crippen LogP contribution is -2.30. The molecule has 5 heteroatoms. The summed E-state index contributed by atoms with van der Waals surface area (Å²) in [7, 11) is 0. The number of carbonyl (C=O) groups excluding carboxylic acids is 1. The Morgan fingerprint density at radius 2 is 1.73 bits per heavy atom. The van der Waals surface area contributed by atoms with Crippen LogP contribution in [0.25, 0.3) is 10.2 Å². The third-order valence-electron chi connectivity index (χ3n) is 4.74. The topological polar surface area (TPSA) is 42.4 Å². The normalized spacial score (nSPS) is 11.1. The van der Waals surface area contributed by atoms with E-state index in [9.17, 15) is 4.79 Å². The molecule has 0 fully saturated rings. The van der Waals surface area contributed by atoms with Gasteiger partial charge in [0.05, 0.1) is 22.9 Å². The fraction of sp³-hybridized carbons (Fsp3) is 0.200. The first-order valence-corrected chi connectivity index (χ1v) is 10.8. The zero-order valence-corrected chi connectivity index (χ0v) is 18.1. The Hall–Kier alpha value is -3.18. The summed E-state index contributed by atoms with van der Waals surface area (Å²) in [4.78, 5) is 20.1. The maximum absolute atomic E-state index is 13.5. The molecule has 0 radical (unpaired) electrons. The predicted molar refractivity (Wildman–Crippen MR) is 124 cm³/mol. The molecular weight excluding hydrogens is 392 g/mol. The van der Waals surface area contributed by atoms with Gasteiger partial charge < -0.3 is 4.74 Å². The molecule has 4 rings (SSSR count). The molecule has 30 heavy (non-hydrogen) atoms. The maximum Gasteiger partial charge on any atom is 0.260 e. The van der Waals surface area contributed by atoms with Crippen LogP contribution in [0.2, 0.25) is 0 Å². The van der Waals surface area contributed by atoms with Gasteiger partial charge in [0.2, 0.25) is 0 Å². The van der Waals surface area contributed by atoms with Gasteiger partial charge in [-0.15, -0.1) is 0 Å². The highest BCUT2D eigenvalue weighted by molar-refractivity contribution is 7.22. The van der Waals surface area contributed by atoms with Crippen LogP contribution >= 0.6 is 11.3 Å². The van der Waals surface area contributed by atoms with Gasteiger partial charge in [0, 0.05) is 5.56 Å². The summed E-state index contributed by atoms with van der Waals surface area (Å²) in [6.07, 6.45) is 0.0899. The number of thiazole rings is 1. The number of benzene rings is 3. The summed E-state index contributed by atoms with van der Waals surface area (Å²) in [5.41, 5.74) is 3.72. The van der Waals surface area contributed by atoms with Gasteiger partial charge in [-0.2, -0.15) is 0 Å². The van der Waals surface area contributed by atoms with Crippen LogP contribution in [0.4, 0.5) is 5.13 Å². The van der Waals surface area contributed by atoms with Crippen molar-refractivity contribution in [3.8, 4) is 5.75 Å². The largest absolute Gasteiger partial charge is 0.491 e. The zero-order chi connectivity index (χ0) is 21.1. The zero-order valence-electron chi connectivity index (χ0n) is 17.3. The number of aryl methyl sites for hydroxylation is 1. The number of anilines is 1. The van der Waals surface area contributed by atoms with E-state index in [4.69, 9.17) is 9.72 Å². The summed E-state index contributed by atoms with van der Waals surface area (Å²) in [6.45, 7) is 6.47. The first-order chi connectivity index (χ1) is 14.5. The van der Waals surface area contributed by atoms with E-state index in [2.05, 4.69) is 0 Å². The van der Waals surface area contributed by atoms with Crippen molar-refractivity contribution in [1.82, 2.24) is 4.98 Å². The Kier molecular flexibility index (Phi) is 5.81. The first-order valence-electron chi connectivity index (χ1n) is 10.00. The third kappa shape index (κ3) is 4.36. The summed E-state index contributed by atoms with van der Waals surface area (Å²) < 4.78 is 6.79. The van der Waals surface area contributed by atoms with Gasteiger partial charge >= 0.3 is 0 Å². The minimum atomic E-state index is -0.0772. The van der Waals surface area contributed by atoms with Crippen LogP contribution in [0.15, 0.2) is 72.8 Å². The molecule has 0 bridgehead atoms. The minimum absolute atomic E-state index is 0.0772. The average molecular weight is 417 g/mol. The van der Waals surface area contributed by atoms with Crippen LogP contribution in [-0.2, 0) is 6.54 Å². The summed E-state index contributed by atoms with van der Waals surface area (Å²) in [5.74, 6) is 0.679. The highest BCUT2D eigenvalue weighted by atomic mass is 32.1. The lowest BCUT2D eigenvalue weighted by molar-refractivity contribution is 0.0985. The maximum atomic E-state index is 13.5. The second kappa shape index (κ2) is 8.67. The van der Waals surface area contributed by atoms with Crippen LogP contribution in [0.3, 0.4) is 0 Å². The molecule has 1 heterocycles. The van der Waals surface area contributed by atoms with Crippen LogP contribution in [0, 0.1) is 6.92 Å². The lowest BCUT2D eigenvalue weighted by Gasteiger charge is -2.20. The third-order valence-corrected chi connectivity index (χ3v) is 5.79. The van der Waals surface area contributed by atoms with Crippen molar-refractivity contribution in [2.75, 3.05) is 4.90 Å². The Morgan fingerprint density at radius 3 is 2.40 bits per heavy atom. The monoisotopic (exact) mass is 416 g/mol. The molecule has 3 aromatic carbocycles. The molecule has 0 atom stereocenters. The molecule has 0 aliphatic carbocycles. The second-order valence-corrected chi connectivity index (χ2v) is 8.50. The van der Waals surface area contributed by atoms with Crippen molar-refractivity contribution in [3.63, 3.8) is 0 Å². The molecule has 152 valence electrons. The Morgan fingerprint density at radius 1 is 1.00 bits per heavy atom. The van der Waals surface area contributed by atoms with E-state index in [1.807, 2.05) is 93.6 Å². The van der Waals surface area contributed by atoms with Crippen molar-refractivity contribution in [2.45, 2.75) is 33.4 Å². The number of hydrogen-bond acceptors (Lipinski definition) is 4. The Bertz CT molecular complexity index is 1150. The van der Waals surface area contributed by atoms with E-state index < -0.39 is 0 Å². The molecule has 1 amide bonds. The number of ether oxygens (including phenoxy) is 1. The number of rotatable bonds is 6. The standard InChI is InChI=1S/C25H24N2O2S/c1-17(2)29-21-14-12-20(13-15-21)24(28)27(16-19-9-5-4-6-10-19)25-26-23-18(3)8-7-11-22(23)30-25/h4-15,17H,16H2,1-3H3. The number of nitrogens with zero attached hydrogens (tertiary/aromatic N) is 2. The SMILES string of the molecule is Cc1cccc2sc(N(Cc3ccccc3)C(=O)c3ccc(OC(C)C)cc3)nc12. The number of fused-ring (bicyclic) bond motifs is 1. The molecule has 0 N–H and O–H groups in total. The average Bonchev–Trinajstić information content (AvgIpc) is 3.18. The first kappa shape index (κ1) is 20.1. The van der Waals surface area contributed by atoms with E-state index in [0.717, 1.165) is 27.1 Å². The lowest BCUT2D eigenvalue weighted by atomic mass is 10.1. The van der Waals surface area contributed by atoms with Gasteiger partial charge in [0.25, 0.3) is 5.91 Å². The van der Waals surface area contributed by atoms with Gasteiger partial charge in [-0.3, -0.25) is 9.69 Å². The van der Waals surface area contributed by atoms with Crippen molar-refractivity contribution in [1.29, 1.82) is 0 Å². The Labute approximate surface area is 180 Å². The molecule has 4 nitrogen and oxygen atoms in total. The predicted octanol–water partition coefficient (Wildman–Crippen LogP) is 6.24. The number of amides is 1. The van der Waals surface area contributed by atoms with E-state index >= 15 is 0 Å². The van der Waals surface area contributed by atoms with Gasteiger partial charge in [-0.25, -0.2) is 4.98 Å². The Balaban J connectivity index is 1.70. The van der Waals surface area contributed by atoms with Gasteiger partial charge in [0.1, 0.15) is 5.75 Å². The number of aromatic nitrogens is 1. The van der Waals surface area contributed by atoms with E-state index in [1.54, 1.807) is 16.2 Å². The molecule has 1 aromatic heterocycles. The van der Waals surface area contributed by atoms with E-state index in [1.165, 1.54) is 0 Å². The van der Waals surface area contributed by atoms with Crippen molar-refractivity contribution < 1.29 is 9.53 Å². The molecular formula is C25H24N2O2S. The molecule has 0 aliphatic rings. The van der Waals surface area contributed by atoms with Crippen molar-refractivity contribution >= 4 is 32.6 Å². The molecule has 0 unspecified atom stereocenters. The summed E-state index contributed by atoms with van der Waals surface area (Å²) in [6, 6.07) is 23.4. The second-order valence-electron chi connectivity index (χ2n) is 7.49. The molecule has 0 spiro atoms. The highest BCUT2D eigenvalue weighted by Gasteiger charge is 2.22. The van der Waals surface area contributed by atoms with Crippen molar-refractivity contribution in [2.24, 2.45) is 0 Å². The summed E-state index contributed by atoms with van der Waals surface area (Å²) >= 11 is 1.54. The van der Waals surface area contributed by atoms with Gasteiger partial charge in [-0.1, -0.05) is 53.8 Å². The molecule has 4 aromatic rings. The quantitative estimate of drug-likeness (QED) is 0.374. The van der Waals surface area contributed by atoms with E-state index in [0.29, 0.717) is 17.2 Å². The highest BCUT2D eigenvalue weighted by Crippen LogP contribution is 2.32. The van der Waals surface area contributed by atoms with Gasteiger partial charge in [0.15, 0.2) is 5.13 Å². The number of hydrogen-bond donors (Lipinski definition) is 0. The molecule has 0 saturated heterocycles. The molecule has 0 aliphatic heterocycles. The number of para-hydroxylation sites is 1. The fourth-order valence-electron chi connectivity index (χ4n) is 3.29. The van der Waals surface area contributed by atoms with Crippen LogP contribution in [0.5, 0.6) is 5.75 Å². The van der Waals surface area contributed by atoms with Crippen molar-refractivity contribution in [3.05, 3.63) is 89.5 Å². The van der Waals surface area contributed by atoms with Crippen LogP contribution in [-0.4, -0.2) is 17.0 Å². The smallest absolute Gasteiger partial charge is 0.260 e. The number of carbonyl (C=O) groups is 1. The van der Waals surface area contributed by atoms with E-state index in [-0.39, 0.29) is 12.0 Å². The summed E-state index contributed by atoms with van der Waals surface area (Å²) in [5, 5.41) is 0.704. The van der Waals surface area contributed by atoms with Gasteiger partial charge in [-0.05, 0) is 62.2 Å². The van der Waals surface area contributed by atoms with Crippen LogP contribution < -0.4 is 9.64 Å². The molecule has 0 saturated carbocycles. The fourth-order valence-corrected chi connectivity index (χ4v) is 4.33. The van der Waals surface area contributed by atoms with Crippen LogP contribution in [0.1, 0.15) is 35.3 Å².